The van der Waals surface area contributed by atoms with Crippen LogP contribution in [-0.2, 0) is 0 Å². The van der Waals surface area contributed by atoms with Gasteiger partial charge in [-0.25, -0.2) is 0 Å². The number of rotatable bonds is 2. The van der Waals surface area contributed by atoms with Gasteiger partial charge in [0.25, 0.3) is 0 Å². The molecule has 0 saturated heterocycles. The SMILES string of the molecule is Cc1cc([N+](=O)[O-])c(F)cc1C#CCCCl. The van der Waals surface area contributed by atoms with E-state index in [9.17, 15) is 14.5 Å². The second-order valence-electron chi connectivity index (χ2n) is 3.12. The normalized spacial score (nSPS) is 9.44. The minimum Gasteiger partial charge on any atom is -0.258 e. The van der Waals surface area contributed by atoms with Crippen LogP contribution < -0.4 is 0 Å². The van der Waals surface area contributed by atoms with Crippen LogP contribution in [0.1, 0.15) is 17.5 Å². The first-order valence-corrected chi connectivity index (χ1v) is 5.09. The number of nitrogens with zero attached hydrogens (tertiary/aromatic N) is 1. The number of nitro benzene ring substituents is 1. The highest BCUT2D eigenvalue weighted by Gasteiger charge is 2.15. The molecule has 0 aliphatic carbocycles. The lowest BCUT2D eigenvalue weighted by atomic mass is 10.1. The molecule has 1 aromatic carbocycles. The van der Waals surface area contributed by atoms with Crippen molar-refractivity contribution in [2.24, 2.45) is 0 Å². The lowest BCUT2D eigenvalue weighted by molar-refractivity contribution is -0.387. The van der Waals surface area contributed by atoms with Crippen LogP contribution in [0.25, 0.3) is 0 Å². The first-order chi connectivity index (χ1) is 7.56. The molecular formula is C11H9ClFNO2. The van der Waals surface area contributed by atoms with E-state index in [-0.39, 0.29) is 0 Å². The first kappa shape index (κ1) is 12.5. The summed E-state index contributed by atoms with van der Waals surface area (Å²) in [4.78, 5) is 9.71. The maximum atomic E-state index is 13.3. The molecule has 0 fully saturated rings. The largest absolute Gasteiger partial charge is 0.305 e. The molecule has 0 saturated carbocycles. The van der Waals surface area contributed by atoms with Crippen LogP contribution in [0.2, 0.25) is 0 Å². The highest BCUT2D eigenvalue weighted by atomic mass is 35.5. The minimum atomic E-state index is -0.870. The van der Waals surface area contributed by atoms with Crippen molar-refractivity contribution in [2.45, 2.75) is 13.3 Å². The van der Waals surface area contributed by atoms with E-state index in [1.807, 2.05) is 0 Å². The number of alkyl halides is 1. The molecular weight excluding hydrogens is 233 g/mol. The molecule has 0 bridgehead atoms. The standard InChI is InChI=1S/C11H9ClFNO2/c1-8-6-11(14(15)16)10(13)7-9(8)4-2-3-5-12/h6-7H,3,5H2,1H3. The van der Waals surface area contributed by atoms with Crippen molar-refractivity contribution in [3.05, 3.63) is 39.2 Å². The van der Waals surface area contributed by atoms with Crippen molar-refractivity contribution in [1.29, 1.82) is 0 Å². The third-order valence-corrected chi connectivity index (χ3v) is 2.12. The summed E-state index contributed by atoms with van der Waals surface area (Å²) in [6.45, 7) is 1.65. The molecule has 0 amide bonds. The Balaban J connectivity index is 3.12. The van der Waals surface area contributed by atoms with Crippen LogP contribution in [0.15, 0.2) is 12.1 Å². The van der Waals surface area contributed by atoms with Crippen molar-refractivity contribution in [1.82, 2.24) is 0 Å². The zero-order valence-electron chi connectivity index (χ0n) is 8.59. The summed E-state index contributed by atoms with van der Waals surface area (Å²) in [6, 6.07) is 2.26. The Kier molecular flexibility index (Phi) is 4.27. The highest BCUT2D eigenvalue weighted by Crippen LogP contribution is 2.21. The molecule has 16 heavy (non-hydrogen) atoms. The molecule has 1 aromatic rings. The van der Waals surface area contributed by atoms with E-state index < -0.39 is 16.4 Å². The fraction of sp³-hybridized carbons (Fsp3) is 0.273. The summed E-state index contributed by atoms with van der Waals surface area (Å²) in [7, 11) is 0. The van der Waals surface area contributed by atoms with E-state index in [1.165, 1.54) is 6.07 Å². The first-order valence-electron chi connectivity index (χ1n) is 4.55. The maximum Gasteiger partial charge on any atom is 0.305 e. The van der Waals surface area contributed by atoms with Gasteiger partial charge in [0.1, 0.15) is 0 Å². The Labute approximate surface area is 97.4 Å². The zero-order chi connectivity index (χ0) is 12.1. The van der Waals surface area contributed by atoms with Gasteiger partial charge in [-0.1, -0.05) is 11.8 Å². The van der Waals surface area contributed by atoms with E-state index in [2.05, 4.69) is 11.8 Å². The summed E-state index contributed by atoms with van der Waals surface area (Å²) in [6.07, 6.45) is 0.500. The summed E-state index contributed by atoms with van der Waals surface area (Å²) >= 11 is 5.44. The molecule has 0 aliphatic rings. The number of hydrogen-bond acceptors (Lipinski definition) is 2. The average Bonchev–Trinajstić information content (AvgIpc) is 2.22. The second-order valence-corrected chi connectivity index (χ2v) is 3.49. The molecule has 0 aromatic heterocycles. The minimum absolute atomic E-state index is 0.404. The van der Waals surface area contributed by atoms with Gasteiger partial charge in [-0.15, -0.1) is 11.6 Å². The van der Waals surface area contributed by atoms with E-state index in [0.717, 1.165) is 6.07 Å². The van der Waals surface area contributed by atoms with Crippen LogP contribution in [0.5, 0.6) is 0 Å². The lowest BCUT2D eigenvalue weighted by Crippen LogP contribution is -1.95. The molecule has 1 rings (SSSR count). The fourth-order valence-electron chi connectivity index (χ4n) is 1.15. The molecule has 0 unspecified atom stereocenters. The molecule has 5 heteroatoms. The molecule has 0 radical (unpaired) electrons. The third kappa shape index (κ3) is 2.94. The molecule has 84 valence electrons. The molecule has 3 nitrogen and oxygen atoms in total. The van der Waals surface area contributed by atoms with E-state index in [0.29, 0.717) is 23.4 Å². The molecule has 0 aliphatic heterocycles. The number of hydrogen-bond donors (Lipinski definition) is 0. The van der Waals surface area contributed by atoms with Gasteiger partial charge < -0.3 is 0 Å². The van der Waals surface area contributed by atoms with Crippen molar-refractivity contribution >= 4 is 17.3 Å². The van der Waals surface area contributed by atoms with E-state index >= 15 is 0 Å². The Morgan fingerprint density at radius 3 is 2.81 bits per heavy atom. The van der Waals surface area contributed by atoms with Crippen LogP contribution in [0.4, 0.5) is 10.1 Å². The van der Waals surface area contributed by atoms with Gasteiger partial charge in [-0.05, 0) is 18.6 Å². The number of aryl methyl sites for hydroxylation is 1. The predicted octanol–water partition coefficient (Wildman–Crippen LogP) is 3.02. The number of nitro groups is 1. The Bertz CT molecular complexity index is 477. The monoisotopic (exact) mass is 241 g/mol. The summed E-state index contributed by atoms with van der Waals surface area (Å²) < 4.78 is 13.3. The quantitative estimate of drug-likeness (QED) is 0.346. The Morgan fingerprint density at radius 1 is 1.56 bits per heavy atom. The number of benzene rings is 1. The van der Waals surface area contributed by atoms with Crippen molar-refractivity contribution in [3.8, 4) is 11.8 Å². The van der Waals surface area contributed by atoms with Gasteiger partial charge in [0.15, 0.2) is 0 Å². The zero-order valence-corrected chi connectivity index (χ0v) is 9.34. The lowest BCUT2D eigenvalue weighted by Gasteiger charge is -1.99. The van der Waals surface area contributed by atoms with Gasteiger partial charge in [0.05, 0.1) is 4.92 Å². The average molecular weight is 242 g/mol. The van der Waals surface area contributed by atoms with E-state index in [4.69, 9.17) is 11.6 Å². The van der Waals surface area contributed by atoms with E-state index in [1.54, 1.807) is 6.92 Å². The highest BCUT2D eigenvalue weighted by molar-refractivity contribution is 6.18. The molecule has 0 spiro atoms. The second kappa shape index (κ2) is 5.47. The van der Waals surface area contributed by atoms with Gasteiger partial charge in [0.2, 0.25) is 5.82 Å². The van der Waals surface area contributed by atoms with Crippen molar-refractivity contribution in [3.63, 3.8) is 0 Å². The summed E-state index contributed by atoms with van der Waals surface area (Å²) in [5.41, 5.74) is 0.504. The molecule has 0 atom stereocenters. The van der Waals surface area contributed by atoms with Gasteiger partial charge >= 0.3 is 5.69 Å². The third-order valence-electron chi connectivity index (χ3n) is 1.93. The van der Waals surface area contributed by atoms with Gasteiger partial charge in [0, 0.05) is 23.9 Å². The van der Waals surface area contributed by atoms with Crippen LogP contribution in [0, 0.1) is 34.7 Å². The van der Waals surface area contributed by atoms with Crippen LogP contribution >= 0.6 is 11.6 Å². The van der Waals surface area contributed by atoms with Crippen molar-refractivity contribution in [2.75, 3.05) is 5.88 Å². The molecule has 0 N–H and O–H groups in total. The Morgan fingerprint density at radius 2 is 2.25 bits per heavy atom. The summed E-state index contributed by atoms with van der Waals surface area (Å²) in [5, 5.41) is 10.5. The predicted molar refractivity (Wildman–Crippen MR) is 60.0 cm³/mol. The van der Waals surface area contributed by atoms with Crippen LogP contribution in [0.3, 0.4) is 0 Å². The topological polar surface area (TPSA) is 43.1 Å². The van der Waals surface area contributed by atoms with Crippen molar-refractivity contribution < 1.29 is 9.31 Å². The maximum absolute atomic E-state index is 13.3. The smallest absolute Gasteiger partial charge is 0.258 e. The number of halogens is 2. The van der Waals surface area contributed by atoms with Gasteiger partial charge in [-0.2, -0.15) is 4.39 Å². The summed E-state index contributed by atoms with van der Waals surface area (Å²) in [5.74, 6) is 5.01. The fourth-order valence-corrected chi connectivity index (χ4v) is 1.24. The Hall–Kier alpha value is -1.60. The molecule has 0 heterocycles. The van der Waals surface area contributed by atoms with Gasteiger partial charge in [-0.3, -0.25) is 10.1 Å². The van der Waals surface area contributed by atoms with Crippen LogP contribution in [-0.4, -0.2) is 10.8 Å².